The summed E-state index contributed by atoms with van der Waals surface area (Å²) in [6.45, 7) is 9.32. The molecular formula is C31H38N4O4S. The molecule has 0 atom stereocenters. The zero-order valence-corrected chi connectivity index (χ0v) is 23.9. The third-order valence-electron chi connectivity index (χ3n) is 7.16. The zero-order valence-electron chi connectivity index (χ0n) is 23.1. The second kappa shape index (κ2) is 15.0. The maximum atomic E-state index is 8.88. The topological polar surface area (TPSA) is 80.1 Å². The van der Waals surface area contributed by atoms with E-state index in [2.05, 4.69) is 40.1 Å². The Kier molecular flexibility index (Phi) is 10.6. The molecule has 3 aromatic rings. The van der Waals surface area contributed by atoms with E-state index in [9.17, 15) is 0 Å². The summed E-state index contributed by atoms with van der Waals surface area (Å²) in [4.78, 5) is 11.3. The molecule has 3 heterocycles. The Bertz CT molecular complexity index is 1210. The number of rotatable bonds is 13. The molecule has 0 spiro atoms. The Morgan fingerprint density at radius 2 is 1.40 bits per heavy atom. The van der Waals surface area contributed by atoms with Crippen LogP contribution < -0.4 is 14.4 Å². The minimum absolute atomic E-state index is 0.645. The molecule has 2 fully saturated rings. The number of morpholine rings is 2. The third-order valence-corrected chi connectivity index (χ3v) is 8.34. The number of unbranched alkanes of at least 4 members (excludes halogenated alkanes) is 2. The Hall–Kier alpha value is -3.16. The normalized spacial score (nSPS) is 16.0. The molecule has 1 aromatic heterocycles. The molecule has 9 heteroatoms. The van der Waals surface area contributed by atoms with Crippen LogP contribution in [0.25, 0.3) is 11.3 Å². The smallest absolute Gasteiger partial charge is 0.186 e. The molecule has 2 aromatic carbocycles. The second-order valence-corrected chi connectivity index (χ2v) is 11.1. The van der Waals surface area contributed by atoms with E-state index < -0.39 is 0 Å². The lowest BCUT2D eigenvalue weighted by Gasteiger charge is -2.26. The van der Waals surface area contributed by atoms with Crippen LogP contribution in [-0.4, -0.2) is 82.2 Å². The lowest BCUT2D eigenvalue weighted by molar-refractivity contribution is 0.0385. The lowest BCUT2D eigenvalue weighted by Crippen LogP contribution is -2.37. The molecule has 0 amide bonds. The van der Waals surface area contributed by atoms with Gasteiger partial charge in [-0.1, -0.05) is 0 Å². The standard InChI is InChI=1S/C31H38N4O4S/c32-24-25-4-8-27(9-5-25)38-18-2-1-3-19-39-28-10-6-26(7-11-28)30-29(12-13-34-14-20-36-21-15-34)40-31(33-30)35-16-22-37-23-17-35/h4-11H,1-3,12-23H2. The van der Waals surface area contributed by atoms with Gasteiger partial charge in [-0.15, -0.1) is 11.3 Å². The van der Waals surface area contributed by atoms with E-state index in [-0.39, 0.29) is 0 Å². The highest BCUT2D eigenvalue weighted by atomic mass is 32.1. The van der Waals surface area contributed by atoms with Gasteiger partial charge >= 0.3 is 0 Å². The Balaban J connectivity index is 1.10. The predicted octanol–water partition coefficient (Wildman–Crippen LogP) is 5.02. The number of nitrogens with zero attached hydrogens (tertiary/aromatic N) is 4. The van der Waals surface area contributed by atoms with Gasteiger partial charge in [0.15, 0.2) is 5.13 Å². The van der Waals surface area contributed by atoms with E-state index in [0.29, 0.717) is 18.8 Å². The van der Waals surface area contributed by atoms with Gasteiger partial charge in [0.1, 0.15) is 11.5 Å². The predicted molar refractivity (Wildman–Crippen MR) is 158 cm³/mol. The Labute approximate surface area is 241 Å². The van der Waals surface area contributed by atoms with Crippen LogP contribution in [-0.2, 0) is 15.9 Å². The van der Waals surface area contributed by atoms with Crippen LogP contribution in [0.3, 0.4) is 0 Å². The summed E-state index contributed by atoms with van der Waals surface area (Å²) < 4.78 is 22.8. The van der Waals surface area contributed by atoms with Crippen molar-refractivity contribution in [3.05, 3.63) is 59.0 Å². The maximum absolute atomic E-state index is 8.88. The number of nitriles is 1. The number of aromatic nitrogens is 1. The van der Waals surface area contributed by atoms with Crippen molar-refractivity contribution in [3.63, 3.8) is 0 Å². The van der Waals surface area contributed by atoms with E-state index in [1.165, 1.54) is 4.88 Å². The van der Waals surface area contributed by atoms with Gasteiger partial charge < -0.3 is 23.8 Å². The van der Waals surface area contributed by atoms with Gasteiger partial charge in [0, 0.05) is 43.2 Å². The number of anilines is 1. The lowest BCUT2D eigenvalue weighted by atomic mass is 10.1. The zero-order chi connectivity index (χ0) is 27.4. The van der Waals surface area contributed by atoms with Gasteiger partial charge in [-0.2, -0.15) is 5.26 Å². The second-order valence-electron chi connectivity index (χ2n) is 9.99. The molecule has 212 valence electrons. The van der Waals surface area contributed by atoms with Crippen LogP contribution in [0.1, 0.15) is 29.7 Å². The van der Waals surface area contributed by atoms with Crippen LogP contribution in [0.2, 0.25) is 0 Å². The monoisotopic (exact) mass is 562 g/mol. The first-order valence-electron chi connectivity index (χ1n) is 14.3. The van der Waals surface area contributed by atoms with Crippen molar-refractivity contribution in [1.82, 2.24) is 9.88 Å². The minimum atomic E-state index is 0.645. The summed E-state index contributed by atoms with van der Waals surface area (Å²) in [5, 5.41) is 9.97. The van der Waals surface area contributed by atoms with Crippen LogP contribution in [0.5, 0.6) is 11.5 Å². The van der Waals surface area contributed by atoms with Crippen molar-refractivity contribution in [2.75, 3.05) is 77.3 Å². The SMILES string of the molecule is N#Cc1ccc(OCCCCCOc2ccc(-c3nc(N4CCOCC4)sc3CCN3CCOCC3)cc2)cc1. The van der Waals surface area contributed by atoms with Crippen molar-refractivity contribution in [1.29, 1.82) is 5.26 Å². The van der Waals surface area contributed by atoms with Gasteiger partial charge in [0.05, 0.1) is 57.0 Å². The molecule has 2 saturated heterocycles. The van der Waals surface area contributed by atoms with Crippen molar-refractivity contribution >= 4 is 16.5 Å². The fourth-order valence-corrected chi connectivity index (χ4v) is 5.93. The van der Waals surface area contributed by atoms with E-state index in [1.807, 2.05) is 23.5 Å². The summed E-state index contributed by atoms with van der Waals surface area (Å²) in [5.74, 6) is 1.69. The molecule has 5 rings (SSSR count). The number of thiazole rings is 1. The number of hydrogen-bond donors (Lipinski definition) is 0. The van der Waals surface area contributed by atoms with Crippen molar-refractivity contribution in [2.45, 2.75) is 25.7 Å². The quantitative estimate of drug-likeness (QED) is 0.269. The van der Waals surface area contributed by atoms with Crippen LogP contribution in [0.15, 0.2) is 48.5 Å². The first-order chi connectivity index (χ1) is 19.8. The average molecular weight is 563 g/mol. The highest BCUT2D eigenvalue weighted by molar-refractivity contribution is 7.16. The van der Waals surface area contributed by atoms with E-state index in [0.717, 1.165) is 113 Å². The number of benzene rings is 2. The largest absolute Gasteiger partial charge is 0.494 e. The summed E-state index contributed by atoms with van der Waals surface area (Å²) in [6, 6.07) is 17.7. The van der Waals surface area contributed by atoms with Crippen LogP contribution in [0.4, 0.5) is 5.13 Å². The summed E-state index contributed by atoms with van der Waals surface area (Å²) in [5.41, 5.74) is 2.87. The van der Waals surface area contributed by atoms with Gasteiger partial charge in [-0.3, -0.25) is 4.90 Å². The molecule has 40 heavy (non-hydrogen) atoms. The fraction of sp³-hybridized carbons (Fsp3) is 0.484. The first kappa shape index (κ1) is 28.4. The van der Waals surface area contributed by atoms with Crippen LogP contribution >= 0.6 is 11.3 Å². The third kappa shape index (κ3) is 8.18. The molecule has 0 N–H and O–H groups in total. The first-order valence-corrected chi connectivity index (χ1v) is 15.1. The highest BCUT2D eigenvalue weighted by Gasteiger charge is 2.20. The summed E-state index contributed by atoms with van der Waals surface area (Å²) in [7, 11) is 0. The minimum Gasteiger partial charge on any atom is -0.494 e. The van der Waals surface area contributed by atoms with Gasteiger partial charge in [0.2, 0.25) is 0 Å². The molecule has 0 radical (unpaired) electrons. The Morgan fingerprint density at radius 3 is 2.02 bits per heavy atom. The molecule has 8 nitrogen and oxygen atoms in total. The van der Waals surface area contributed by atoms with Crippen molar-refractivity contribution in [3.8, 4) is 28.8 Å². The van der Waals surface area contributed by atoms with Crippen LogP contribution in [0, 0.1) is 11.3 Å². The van der Waals surface area contributed by atoms with E-state index in [1.54, 1.807) is 12.1 Å². The molecule has 2 aliphatic rings. The highest BCUT2D eigenvalue weighted by Crippen LogP contribution is 2.35. The molecule has 0 aliphatic carbocycles. The van der Waals surface area contributed by atoms with Gasteiger partial charge in [-0.05, 0) is 74.2 Å². The van der Waals surface area contributed by atoms with Gasteiger partial charge in [-0.25, -0.2) is 4.98 Å². The number of ether oxygens (including phenoxy) is 4. The summed E-state index contributed by atoms with van der Waals surface area (Å²) >= 11 is 1.82. The van der Waals surface area contributed by atoms with E-state index >= 15 is 0 Å². The van der Waals surface area contributed by atoms with Crippen molar-refractivity contribution in [2.24, 2.45) is 0 Å². The molecule has 2 aliphatic heterocycles. The summed E-state index contributed by atoms with van der Waals surface area (Å²) in [6.07, 6.45) is 3.96. The molecule has 0 unspecified atom stereocenters. The number of hydrogen-bond acceptors (Lipinski definition) is 9. The molecule has 0 bridgehead atoms. The maximum Gasteiger partial charge on any atom is 0.186 e. The Morgan fingerprint density at radius 1 is 0.800 bits per heavy atom. The molecular weight excluding hydrogens is 524 g/mol. The van der Waals surface area contributed by atoms with Gasteiger partial charge in [0.25, 0.3) is 0 Å². The fourth-order valence-electron chi connectivity index (χ4n) is 4.80. The molecule has 0 saturated carbocycles. The van der Waals surface area contributed by atoms with Crippen molar-refractivity contribution < 1.29 is 18.9 Å². The van der Waals surface area contributed by atoms with E-state index in [4.69, 9.17) is 29.2 Å². The average Bonchev–Trinajstić information content (AvgIpc) is 3.45.